The maximum atomic E-state index is 13.3. The lowest BCUT2D eigenvalue weighted by atomic mass is 9.98. The van der Waals surface area contributed by atoms with Gasteiger partial charge in [0.05, 0.1) is 17.4 Å². The Bertz CT molecular complexity index is 1110. The van der Waals surface area contributed by atoms with Crippen LogP contribution >= 0.6 is 0 Å². The van der Waals surface area contributed by atoms with E-state index in [0.29, 0.717) is 30.5 Å². The fourth-order valence-corrected chi connectivity index (χ4v) is 4.58. The molecule has 0 aliphatic carbocycles. The lowest BCUT2D eigenvalue weighted by molar-refractivity contribution is -0.122. The minimum absolute atomic E-state index is 0.0357. The quantitative estimate of drug-likeness (QED) is 0.669. The number of benzene rings is 2. The van der Waals surface area contributed by atoms with Crippen molar-refractivity contribution in [2.45, 2.75) is 44.4 Å². The number of halogens is 2. The van der Waals surface area contributed by atoms with E-state index in [1.54, 1.807) is 34.1 Å². The van der Waals surface area contributed by atoms with Gasteiger partial charge in [-0.1, -0.05) is 18.2 Å². The van der Waals surface area contributed by atoms with Crippen LogP contribution < -0.4 is 10.2 Å². The first-order valence-electron chi connectivity index (χ1n) is 10.9. The molecule has 0 bridgehead atoms. The summed E-state index contributed by atoms with van der Waals surface area (Å²) in [7, 11) is 0. The molecule has 1 fully saturated rings. The topological polar surface area (TPSA) is 90.0 Å². The molecule has 0 saturated carbocycles. The van der Waals surface area contributed by atoms with Gasteiger partial charge in [-0.25, -0.2) is 8.78 Å². The number of hydrogen-bond donors (Lipinski definition) is 2. The van der Waals surface area contributed by atoms with Crippen molar-refractivity contribution in [2.75, 3.05) is 18.0 Å². The number of amides is 3. The maximum absolute atomic E-state index is 13.3. The van der Waals surface area contributed by atoms with Crippen LogP contribution in [0.2, 0.25) is 0 Å². The van der Waals surface area contributed by atoms with Gasteiger partial charge in [-0.15, -0.1) is 0 Å². The highest BCUT2D eigenvalue weighted by molar-refractivity contribution is 6.10. The Morgan fingerprint density at radius 1 is 1.18 bits per heavy atom. The summed E-state index contributed by atoms with van der Waals surface area (Å²) in [6, 6.07) is 10.1. The van der Waals surface area contributed by atoms with Crippen LogP contribution in [-0.4, -0.2) is 46.5 Å². The van der Waals surface area contributed by atoms with Gasteiger partial charge < -0.3 is 15.3 Å². The fraction of sp³-hybridized carbons (Fsp3) is 0.375. The Morgan fingerprint density at radius 3 is 2.70 bits per heavy atom. The highest BCUT2D eigenvalue weighted by atomic mass is 19.2. The van der Waals surface area contributed by atoms with Crippen molar-refractivity contribution in [3.05, 3.63) is 65.2 Å². The Morgan fingerprint density at radius 2 is 1.94 bits per heavy atom. The van der Waals surface area contributed by atoms with Gasteiger partial charge in [-0.05, 0) is 49.6 Å². The zero-order valence-electron chi connectivity index (χ0n) is 18.2. The number of fused-ring (bicyclic) bond motifs is 3. The van der Waals surface area contributed by atoms with Crippen LogP contribution in [0.4, 0.5) is 14.5 Å². The molecule has 2 aromatic carbocycles. The molecule has 9 heteroatoms. The number of aliphatic hydroxyl groups is 1. The number of hydrogen-bond acceptors (Lipinski definition) is 4. The predicted molar refractivity (Wildman–Crippen MR) is 116 cm³/mol. The highest BCUT2D eigenvalue weighted by Crippen LogP contribution is 2.44. The predicted octanol–water partition coefficient (Wildman–Crippen LogP) is 2.89. The van der Waals surface area contributed by atoms with Gasteiger partial charge in [0, 0.05) is 25.9 Å². The molecule has 2 atom stereocenters. The van der Waals surface area contributed by atoms with E-state index in [1.807, 2.05) is 6.92 Å². The van der Waals surface area contributed by atoms with Gasteiger partial charge in [0.1, 0.15) is 5.66 Å². The van der Waals surface area contributed by atoms with Crippen LogP contribution in [0.1, 0.15) is 54.6 Å². The minimum Gasteiger partial charge on any atom is -0.387 e. The largest absolute Gasteiger partial charge is 0.387 e. The molecular formula is C24H25F2N3O4. The summed E-state index contributed by atoms with van der Waals surface area (Å²) >= 11 is 0. The number of aliphatic hydroxyl groups excluding tert-OH is 1. The van der Waals surface area contributed by atoms with Gasteiger partial charge in [0.2, 0.25) is 11.8 Å². The first-order chi connectivity index (χ1) is 15.7. The number of carbonyl (C=O) groups is 3. The molecule has 33 heavy (non-hydrogen) atoms. The van der Waals surface area contributed by atoms with Crippen molar-refractivity contribution in [3.63, 3.8) is 0 Å². The lowest BCUT2D eigenvalue weighted by Crippen LogP contribution is -2.62. The van der Waals surface area contributed by atoms with E-state index in [4.69, 9.17) is 0 Å². The molecule has 0 radical (unpaired) electrons. The smallest absolute Gasteiger partial charge is 0.257 e. The Kier molecular flexibility index (Phi) is 6.16. The second-order valence-electron chi connectivity index (χ2n) is 8.52. The molecule has 0 aromatic heterocycles. The summed E-state index contributed by atoms with van der Waals surface area (Å²) in [5.74, 6) is -2.63. The van der Waals surface area contributed by atoms with Crippen molar-refractivity contribution in [3.8, 4) is 0 Å². The van der Waals surface area contributed by atoms with E-state index in [2.05, 4.69) is 5.32 Å². The Labute approximate surface area is 190 Å². The second kappa shape index (κ2) is 8.90. The molecule has 1 saturated heterocycles. The molecule has 7 nitrogen and oxygen atoms in total. The van der Waals surface area contributed by atoms with Crippen molar-refractivity contribution in [2.24, 2.45) is 0 Å². The Balaban J connectivity index is 1.35. The van der Waals surface area contributed by atoms with E-state index < -0.39 is 23.4 Å². The molecule has 0 spiro atoms. The van der Waals surface area contributed by atoms with Gasteiger partial charge in [0.25, 0.3) is 5.91 Å². The van der Waals surface area contributed by atoms with Crippen molar-refractivity contribution in [1.29, 1.82) is 0 Å². The third-order valence-electron chi connectivity index (χ3n) is 6.35. The number of para-hydroxylation sites is 1. The number of anilines is 1. The van der Waals surface area contributed by atoms with Crippen LogP contribution in [0.25, 0.3) is 0 Å². The average Bonchev–Trinajstić information content (AvgIpc) is 3.11. The number of nitrogens with zero attached hydrogens (tertiary/aromatic N) is 2. The van der Waals surface area contributed by atoms with Crippen LogP contribution in [0.15, 0.2) is 42.5 Å². The first-order valence-corrected chi connectivity index (χ1v) is 10.9. The standard InChI is InChI=1S/C24H25F2N3O4/c1-24-11-10-22(32)29(24)19-6-3-2-5-16(19)23(33)28(24)12-4-7-21(31)27-14-20(30)15-8-9-17(25)18(26)13-15/h2-3,5-6,8-9,13,20,30H,4,7,10-12,14H2,1H3,(H,27,31). The number of rotatable bonds is 7. The highest BCUT2D eigenvalue weighted by Gasteiger charge is 2.52. The zero-order chi connectivity index (χ0) is 23.8. The molecule has 2 aromatic rings. The molecule has 2 aliphatic rings. The molecule has 4 rings (SSSR count). The molecule has 3 amide bonds. The maximum Gasteiger partial charge on any atom is 0.257 e. The van der Waals surface area contributed by atoms with E-state index in [-0.39, 0.29) is 42.8 Å². The van der Waals surface area contributed by atoms with Gasteiger partial charge in [0.15, 0.2) is 11.6 Å². The summed E-state index contributed by atoms with van der Waals surface area (Å²) in [5.41, 5.74) is 0.463. The minimum atomic E-state index is -1.18. The van der Waals surface area contributed by atoms with Crippen LogP contribution in [0.5, 0.6) is 0 Å². The monoisotopic (exact) mass is 457 g/mol. The first kappa shape index (κ1) is 22.8. The van der Waals surface area contributed by atoms with Crippen molar-refractivity contribution in [1.82, 2.24) is 10.2 Å². The Hall–Kier alpha value is -3.33. The third-order valence-corrected chi connectivity index (χ3v) is 6.35. The number of nitrogens with one attached hydrogen (secondary N) is 1. The van der Waals surface area contributed by atoms with Crippen molar-refractivity contribution < 1.29 is 28.3 Å². The molecular weight excluding hydrogens is 432 g/mol. The van der Waals surface area contributed by atoms with Gasteiger partial charge in [-0.3, -0.25) is 19.3 Å². The van der Waals surface area contributed by atoms with Gasteiger partial charge >= 0.3 is 0 Å². The van der Waals surface area contributed by atoms with E-state index in [1.165, 1.54) is 6.07 Å². The summed E-state index contributed by atoms with van der Waals surface area (Å²) in [6.45, 7) is 2.00. The van der Waals surface area contributed by atoms with Gasteiger partial charge in [-0.2, -0.15) is 0 Å². The van der Waals surface area contributed by atoms with E-state index in [9.17, 15) is 28.3 Å². The van der Waals surface area contributed by atoms with Crippen LogP contribution in [0, 0.1) is 11.6 Å². The molecule has 2 heterocycles. The van der Waals surface area contributed by atoms with E-state index >= 15 is 0 Å². The third kappa shape index (κ3) is 4.20. The fourth-order valence-electron chi connectivity index (χ4n) is 4.58. The van der Waals surface area contributed by atoms with Crippen molar-refractivity contribution >= 4 is 23.4 Å². The SMILES string of the molecule is CC12CCC(=O)N1c1ccccc1C(=O)N2CCCC(=O)NCC(O)c1ccc(F)c(F)c1. The summed E-state index contributed by atoms with van der Waals surface area (Å²) in [4.78, 5) is 41.3. The molecule has 174 valence electrons. The second-order valence-corrected chi connectivity index (χ2v) is 8.52. The normalized spacial score (nSPS) is 20.5. The zero-order valence-corrected chi connectivity index (χ0v) is 18.2. The molecule has 2 unspecified atom stereocenters. The molecule has 2 N–H and O–H groups in total. The van der Waals surface area contributed by atoms with Crippen LogP contribution in [0.3, 0.4) is 0 Å². The van der Waals surface area contributed by atoms with E-state index in [0.717, 1.165) is 12.1 Å². The summed E-state index contributed by atoms with van der Waals surface area (Å²) in [5, 5.41) is 12.7. The number of carbonyl (C=O) groups excluding carboxylic acids is 3. The summed E-state index contributed by atoms with van der Waals surface area (Å²) < 4.78 is 26.4. The molecule has 2 aliphatic heterocycles. The lowest BCUT2D eigenvalue weighted by Gasteiger charge is -2.48. The van der Waals surface area contributed by atoms with Crippen LogP contribution in [-0.2, 0) is 9.59 Å². The summed E-state index contributed by atoms with van der Waals surface area (Å²) in [6.07, 6.45) is 0.134. The average molecular weight is 457 g/mol.